The number of pyridine rings is 1. The van der Waals surface area contributed by atoms with Crippen molar-refractivity contribution >= 4 is 23.4 Å². The predicted molar refractivity (Wildman–Crippen MR) is 105 cm³/mol. The summed E-state index contributed by atoms with van der Waals surface area (Å²) in [5, 5.41) is 2.38. The van der Waals surface area contributed by atoms with Crippen LogP contribution < -0.4 is 15.1 Å². The quantitative estimate of drug-likeness (QED) is 0.662. The van der Waals surface area contributed by atoms with Gasteiger partial charge in [0.25, 0.3) is 5.91 Å². The number of halogens is 3. The van der Waals surface area contributed by atoms with Crippen molar-refractivity contribution in [3.05, 3.63) is 71.9 Å². The van der Waals surface area contributed by atoms with Gasteiger partial charge < -0.3 is 15.1 Å². The molecule has 1 N–H and O–H groups in total. The second-order valence-electron chi connectivity index (χ2n) is 6.61. The molecule has 1 saturated heterocycles. The topological polar surface area (TPSA) is 74.2 Å². The Bertz CT molecular complexity index is 1040. The summed E-state index contributed by atoms with van der Waals surface area (Å²) < 4.78 is 40.1. The lowest BCUT2D eigenvalue weighted by Crippen LogP contribution is -2.47. The number of aromatic nitrogens is 3. The predicted octanol–water partition coefficient (Wildman–Crippen LogP) is 2.87. The van der Waals surface area contributed by atoms with Gasteiger partial charge in [0.05, 0.1) is 23.6 Å². The highest BCUT2D eigenvalue weighted by Gasteiger charge is 2.21. The van der Waals surface area contributed by atoms with Gasteiger partial charge >= 0.3 is 0 Å². The summed E-state index contributed by atoms with van der Waals surface area (Å²) in [4.78, 5) is 29.1. The minimum atomic E-state index is -1.70. The number of nitrogens with one attached hydrogen (secondary N) is 1. The molecule has 4 rings (SSSR count). The van der Waals surface area contributed by atoms with Crippen LogP contribution in [-0.4, -0.2) is 47.0 Å². The molecule has 0 bridgehead atoms. The van der Waals surface area contributed by atoms with Gasteiger partial charge in [-0.2, -0.15) is 0 Å². The molecule has 2 aromatic heterocycles. The highest BCUT2D eigenvalue weighted by atomic mass is 19.2. The summed E-state index contributed by atoms with van der Waals surface area (Å²) in [5.74, 6) is -4.12. The zero-order chi connectivity index (χ0) is 21.1. The molecule has 10 heteroatoms. The first-order valence-electron chi connectivity index (χ1n) is 9.21. The number of hydrogen-bond donors (Lipinski definition) is 1. The van der Waals surface area contributed by atoms with Crippen LogP contribution in [0.2, 0.25) is 0 Å². The lowest BCUT2D eigenvalue weighted by Gasteiger charge is -2.35. The monoisotopic (exact) mass is 414 g/mol. The van der Waals surface area contributed by atoms with Gasteiger partial charge in [-0.05, 0) is 24.3 Å². The van der Waals surface area contributed by atoms with E-state index < -0.39 is 28.9 Å². The fourth-order valence-electron chi connectivity index (χ4n) is 3.13. The van der Waals surface area contributed by atoms with E-state index in [0.717, 1.165) is 25.0 Å². The Hall–Kier alpha value is -3.69. The van der Waals surface area contributed by atoms with E-state index in [1.54, 1.807) is 6.20 Å². The zero-order valence-electron chi connectivity index (χ0n) is 15.7. The summed E-state index contributed by atoms with van der Waals surface area (Å²) in [6, 6.07) is 7.34. The molecular formula is C20H17F3N6O. The van der Waals surface area contributed by atoms with Crippen LogP contribution in [0, 0.1) is 17.5 Å². The molecule has 0 unspecified atom stereocenters. The smallest absolute Gasteiger partial charge is 0.258 e. The van der Waals surface area contributed by atoms with E-state index in [9.17, 15) is 18.0 Å². The van der Waals surface area contributed by atoms with Crippen molar-refractivity contribution in [1.29, 1.82) is 0 Å². The van der Waals surface area contributed by atoms with Gasteiger partial charge in [0, 0.05) is 32.4 Å². The van der Waals surface area contributed by atoms with Crippen molar-refractivity contribution in [3.8, 4) is 0 Å². The number of carbonyl (C=O) groups is 1. The van der Waals surface area contributed by atoms with Crippen LogP contribution in [0.3, 0.4) is 0 Å². The van der Waals surface area contributed by atoms with Crippen LogP contribution in [0.5, 0.6) is 0 Å². The van der Waals surface area contributed by atoms with E-state index in [1.807, 2.05) is 23.1 Å². The Balaban J connectivity index is 1.38. The molecule has 30 heavy (non-hydrogen) atoms. The molecule has 0 saturated carbocycles. The Morgan fingerprint density at radius 1 is 0.867 bits per heavy atom. The fraction of sp³-hybridized carbons (Fsp3) is 0.200. The highest BCUT2D eigenvalue weighted by Crippen LogP contribution is 2.19. The van der Waals surface area contributed by atoms with E-state index in [0.29, 0.717) is 25.1 Å². The molecule has 1 aromatic carbocycles. The average molecular weight is 414 g/mol. The average Bonchev–Trinajstić information content (AvgIpc) is 2.79. The van der Waals surface area contributed by atoms with Crippen molar-refractivity contribution in [2.75, 3.05) is 41.3 Å². The van der Waals surface area contributed by atoms with E-state index in [1.165, 1.54) is 12.4 Å². The molecule has 0 atom stereocenters. The third-order valence-corrected chi connectivity index (χ3v) is 4.71. The molecule has 1 aliphatic rings. The summed E-state index contributed by atoms with van der Waals surface area (Å²) >= 11 is 0. The first kappa shape index (κ1) is 19.6. The maximum Gasteiger partial charge on any atom is 0.258 e. The van der Waals surface area contributed by atoms with Crippen LogP contribution in [-0.2, 0) is 0 Å². The van der Waals surface area contributed by atoms with Gasteiger partial charge in [-0.1, -0.05) is 6.07 Å². The molecule has 0 spiro atoms. The minimum Gasteiger partial charge on any atom is -0.353 e. The number of amides is 1. The third-order valence-electron chi connectivity index (χ3n) is 4.71. The molecule has 1 amide bonds. The molecule has 7 nitrogen and oxygen atoms in total. The fourth-order valence-corrected chi connectivity index (χ4v) is 3.13. The molecule has 154 valence electrons. The van der Waals surface area contributed by atoms with Gasteiger partial charge in [0.2, 0.25) is 5.95 Å². The SMILES string of the molecule is O=C(Nc1cnc(N2CCN(c3ccccn3)CC2)nc1)c1ccc(F)c(F)c1F. The minimum absolute atomic E-state index is 0.208. The summed E-state index contributed by atoms with van der Waals surface area (Å²) in [5.41, 5.74) is -0.399. The number of rotatable bonds is 4. The normalized spacial score (nSPS) is 14.0. The number of benzene rings is 1. The number of nitrogens with zero attached hydrogens (tertiary/aromatic N) is 5. The van der Waals surface area contributed by atoms with E-state index in [2.05, 4.69) is 25.2 Å². The number of hydrogen-bond acceptors (Lipinski definition) is 6. The van der Waals surface area contributed by atoms with Crippen LogP contribution >= 0.6 is 0 Å². The summed E-state index contributed by atoms with van der Waals surface area (Å²) in [7, 11) is 0. The Labute approximate surface area is 170 Å². The largest absolute Gasteiger partial charge is 0.353 e. The summed E-state index contributed by atoms with van der Waals surface area (Å²) in [6.45, 7) is 2.91. The van der Waals surface area contributed by atoms with E-state index in [-0.39, 0.29) is 5.69 Å². The second-order valence-corrected chi connectivity index (χ2v) is 6.61. The maximum absolute atomic E-state index is 13.8. The Kier molecular flexibility index (Phi) is 5.46. The lowest BCUT2D eigenvalue weighted by atomic mass is 10.2. The lowest BCUT2D eigenvalue weighted by molar-refractivity contribution is 0.102. The van der Waals surface area contributed by atoms with Gasteiger partial charge in [0.1, 0.15) is 5.82 Å². The van der Waals surface area contributed by atoms with Gasteiger partial charge in [-0.3, -0.25) is 4.79 Å². The Morgan fingerprint density at radius 2 is 1.57 bits per heavy atom. The van der Waals surface area contributed by atoms with Crippen molar-refractivity contribution in [3.63, 3.8) is 0 Å². The van der Waals surface area contributed by atoms with Gasteiger partial charge in [-0.25, -0.2) is 28.1 Å². The first-order valence-corrected chi connectivity index (χ1v) is 9.21. The first-order chi connectivity index (χ1) is 14.5. The van der Waals surface area contributed by atoms with Crippen LogP contribution in [0.1, 0.15) is 10.4 Å². The van der Waals surface area contributed by atoms with E-state index >= 15 is 0 Å². The van der Waals surface area contributed by atoms with Crippen LogP contribution in [0.15, 0.2) is 48.9 Å². The highest BCUT2D eigenvalue weighted by molar-refractivity contribution is 6.04. The summed E-state index contributed by atoms with van der Waals surface area (Å²) in [6.07, 6.45) is 4.51. The molecule has 1 aliphatic heterocycles. The second kappa shape index (κ2) is 8.36. The Morgan fingerprint density at radius 3 is 2.23 bits per heavy atom. The molecule has 0 radical (unpaired) electrons. The number of piperazine rings is 1. The van der Waals surface area contributed by atoms with Crippen molar-refractivity contribution in [1.82, 2.24) is 15.0 Å². The third kappa shape index (κ3) is 4.02. The number of carbonyl (C=O) groups excluding carboxylic acids is 1. The van der Waals surface area contributed by atoms with E-state index in [4.69, 9.17) is 0 Å². The van der Waals surface area contributed by atoms with Crippen molar-refractivity contribution in [2.24, 2.45) is 0 Å². The molecule has 1 fully saturated rings. The van der Waals surface area contributed by atoms with Crippen molar-refractivity contribution in [2.45, 2.75) is 0 Å². The molecule has 3 heterocycles. The molecular weight excluding hydrogens is 397 g/mol. The zero-order valence-corrected chi connectivity index (χ0v) is 15.7. The van der Waals surface area contributed by atoms with Crippen LogP contribution in [0.4, 0.5) is 30.6 Å². The van der Waals surface area contributed by atoms with Gasteiger partial charge in [-0.15, -0.1) is 0 Å². The number of anilines is 3. The molecule has 0 aliphatic carbocycles. The molecule has 3 aromatic rings. The van der Waals surface area contributed by atoms with Crippen LogP contribution in [0.25, 0.3) is 0 Å². The van der Waals surface area contributed by atoms with Crippen molar-refractivity contribution < 1.29 is 18.0 Å². The standard InChI is InChI=1S/C20H17F3N6O/c21-15-5-4-14(17(22)18(15)23)19(30)27-13-11-25-20(26-12-13)29-9-7-28(8-10-29)16-3-1-2-6-24-16/h1-6,11-12H,7-10H2,(H,27,30). The van der Waals surface area contributed by atoms with Gasteiger partial charge in [0.15, 0.2) is 17.5 Å². The maximum atomic E-state index is 13.8.